The fraction of sp³-hybridized carbons (Fsp3) is 0.125. The number of aryl methyl sites for hydroxylation is 1. The first-order valence-electron chi connectivity index (χ1n) is 6.57. The molecule has 0 unspecified atom stereocenters. The second-order valence-corrected chi connectivity index (χ2v) is 5.97. The molecule has 0 aliphatic carbocycles. The van der Waals surface area contributed by atoms with Crippen molar-refractivity contribution >= 4 is 38.7 Å². The van der Waals surface area contributed by atoms with Crippen LogP contribution in [-0.2, 0) is 0 Å². The molecule has 2 heterocycles. The minimum atomic E-state index is -0.178. The lowest BCUT2D eigenvalue weighted by atomic mass is 10.1. The first-order valence-corrected chi connectivity index (χ1v) is 7.39. The smallest absolute Gasteiger partial charge is 0.267 e. The Kier molecular flexibility index (Phi) is 3.35. The Morgan fingerprint density at radius 3 is 2.86 bits per heavy atom. The standard InChI is InChI=1S/C16H15N3OS/c1-9-4-3-5-12(10(9)2)19-16(20)15-14(17)11-6-7-18-8-13(11)21-15/h3-8H,17H2,1-2H3,(H,19,20). The molecule has 0 aliphatic rings. The van der Waals surface area contributed by atoms with Gasteiger partial charge in [-0.1, -0.05) is 12.1 Å². The molecule has 4 nitrogen and oxygen atoms in total. The Balaban J connectivity index is 1.97. The summed E-state index contributed by atoms with van der Waals surface area (Å²) in [6.07, 6.45) is 3.41. The first-order chi connectivity index (χ1) is 10.1. The number of pyridine rings is 1. The zero-order valence-corrected chi connectivity index (χ0v) is 12.6. The average molecular weight is 297 g/mol. The van der Waals surface area contributed by atoms with Gasteiger partial charge in [-0.05, 0) is 37.1 Å². The predicted molar refractivity (Wildman–Crippen MR) is 87.9 cm³/mol. The quantitative estimate of drug-likeness (QED) is 0.757. The zero-order valence-electron chi connectivity index (χ0n) is 11.8. The van der Waals surface area contributed by atoms with Gasteiger partial charge in [0.15, 0.2) is 0 Å². The molecule has 0 saturated heterocycles. The maximum Gasteiger partial charge on any atom is 0.267 e. The number of anilines is 2. The van der Waals surface area contributed by atoms with E-state index in [1.807, 2.05) is 38.1 Å². The van der Waals surface area contributed by atoms with Crippen molar-refractivity contribution in [3.8, 4) is 0 Å². The molecule has 21 heavy (non-hydrogen) atoms. The van der Waals surface area contributed by atoms with Crippen LogP contribution >= 0.6 is 11.3 Å². The van der Waals surface area contributed by atoms with Crippen LogP contribution in [0.5, 0.6) is 0 Å². The first kappa shape index (κ1) is 13.6. The zero-order chi connectivity index (χ0) is 15.0. The summed E-state index contributed by atoms with van der Waals surface area (Å²) in [6.45, 7) is 4.01. The van der Waals surface area contributed by atoms with Gasteiger partial charge in [0.1, 0.15) is 4.88 Å². The van der Waals surface area contributed by atoms with E-state index in [0.717, 1.165) is 26.9 Å². The molecule has 2 aromatic heterocycles. The molecule has 0 radical (unpaired) electrons. The third-order valence-electron chi connectivity index (χ3n) is 3.59. The summed E-state index contributed by atoms with van der Waals surface area (Å²) < 4.78 is 0.918. The van der Waals surface area contributed by atoms with E-state index in [9.17, 15) is 4.79 Å². The van der Waals surface area contributed by atoms with Gasteiger partial charge >= 0.3 is 0 Å². The van der Waals surface area contributed by atoms with Gasteiger partial charge in [0, 0.05) is 23.5 Å². The number of amides is 1. The number of hydrogen-bond donors (Lipinski definition) is 2. The molecule has 3 rings (SSSR count). The minimum Gasteiger partial charge on any atom is -0.397 e. The molecular formula is C16H15N3OS. The van der Waals surface area contributed by atoms with Crippen LogP contribution in [0.25, 0.3) is 10.1 Å². The molecular weight excluding hydrogens is 282 g/mol. The average Bonchev–Trinajstić information content (AvgIpc) is 2.82. The van der Waals surface area contributed by atoms with Crippen LogP contribution in [0.3, 0.4) is 0 Å². The summed E-state index contributed by atoms with van der Waals surface area (Å²) in [7, 11) is 0. The summed E-state index contributed by atoms with van der Waals surface area (Å²) in [5, 5.41) is 3.82. The van der Waals surface area contributed by atoms with Crippen LogP contribution in [0.15, 0.2) is 36.7 Å². The summed E-state index contributed by atoms with van der Waals surface area (Å²) in [4.78, 5) is 17.1. The lowest BCUT2D eigenvalue weighted by Gasteiger charge is -2.09. The molecule has 0 fully saturated rings. The number of aromatic nitrogens is 1. The van der Waals surface area contributed by atoms with Gasteiger partial charge in [0.2, 0.25) is 0 Å². The molecule has 5 heteroatoms. The van der Waals surface area contributed by atoms with Gasteiger partial charge in [0.05, 0.1) is 10.4 Å². The van der Waals surface area contributed by atoms with Gasteiger partial charge in [0.25, 0.3) is 5.91 Å². The molecule has 1 amide bonds. The van der Waals surface area contributed by atoms with E-state index < -0.39 is 0 Å². The van der Waals surface area contributed by atoms with E-state index >= 15 is 0 Å². The maximum atomic E-state index is 12.5. The Hall–Kier alpha value is -2.40. The number of benzene rings is 1. The molecule has 0 bridgehead atoms. The molecule has 0 saturated carbocycles. The van der Waals surface area contributed by atoms with Crippen molar-refractivity contribution in [3.63, 3.8) is 0 Å². The molecule has 106 valence electrons. The number of carbonyl (C=O) groups excluding carboxylic acids is 1. The summed E-state index contributed by atoms with van der Waals surface area (Å²) >= 11 is 1.36. The number of fused-ring (bicyclic) bond motifs is 1. The number of nitrogen functional groups attached to an aromatic ring is 1. The van der Waals surface area contributed by atoms with Crippen LogP contribution < -0.4 is 11.1 Å². The number of nitrogens with one attached hydrogen (secondary N) is 1. The molecule has 3 aromatic rings. The van der Waals surface area contributed by atoms with E-state index in [4.69, 9.17) is 5.73 Å². The minimum absolute atomic E-state index is 0.178. The molecule has 3 N–H and O–H groups in total. The van der Waals surface area contributed by atoms with E-state index in [2.05, 4.69) is 10.3 Å². The predicted octanol–water partition coefficient (Wildman–Crippen LogP) is 3.75. The van der Waals surface area contributed by atoms with Crippen LogP contribution in [0.4, 0.5) is 11.4 Å². The fourth-order valence-corrected chi connectivity index (χ4v) is 3.19. The highest BCUT2D eigenvalue weighted by molar-refractivity contribution is 7.21. The van der Waals surface area contributed by atoms with Crippen molar-refractivity contribution in [1.29, 1.82) is 0 Å². The van der Waals surface area contributed by atoms with Crippen molar-refractivity contribution in [1.82, 2.24) is 4.98 Å². The topological polar surface area (TPSA) is 68.0 Å². The largest absolute Gasteiger partial charge is 0.397 e. The van der Waals surface area contributed by atoms with Crippen molar-refractivity contribution in [2.45, 2.75) is 13.8 Å². The molecule has 0 atom stereocenters. The van der Waals surface area contributed by atoms with Crippen LogP contribution in [0.2, 0.25) is 0 Å². The van der Waals surface area contributed by atoms with Crippen LogP contribution in [-0.4, -0.2) is 10.9 Å². The number of nitrogens with two attached hydrogens (primary N) is 1. The monoisotopic (exact) mass is 297 g/mol. The van der Waals surface area contributed by atoms with Gasteiger partial charge in [-0.15, -0.1) is 11.3 Å². The van der Waals surface area contributed by atoms with Crippen molar-refractivity contribution in [2.24, 2.45) is 0 Å². The number of nitrogens with zero attached hydrogens (tertiary/aromatic N) is 1. The highest BCUT2D eigenvalue weighted by Crippen LogP contribution is 2.33. The maximum absolute atomic E-state index is 12.5. The summed E-state index contributed by atoms with van der Waals surface area (Å²) in [5.74, 6) is -0.178. The highest BCUT2D eigenvalue weighted by Gasteiger charge is 2.17. The van der Waals surface area contributed by atoms with E-state index in [1.54, 1.807) is 12.4 Å². The van der Waals surface area contributed by atoms with Gasteiger partial charge in [-0.25, -0.2) is 0 Å². The van der Waals surface area contributed by atoms with E-state index in [-0.39, 0.29) is 5.91 Å². The van der Waals surface area contributed by atoms with Crippen LogP contribution in [0, 0.1) is 13.8 Å². The SMILES string of the molecule is Cc1cccc(NC(=O)c2sc3cnccc3c2N)c1C. The number of hydrogen-bond acceptors (Lipinski definition) is 4. The van der Waals surface area contributed by atoms with Crippen molar-refractivity contribution < 1.29 is 4.79 Å². The normalized spacial score (nSPS) is 10.8. The summed E-state index contributed by atoms with van der Waals surface area (Å²) in [5.41, 5.74) is 9.61. The number of thiophene rings is 1. The summed E-state index contributed by atoms with van der Waals surface area (Å²) in [6, 6.07) is 7.67. The second-order valence-electron chi connectivity index (χ2n) is 4.92. The van der Waals surface area contributed by atoms with Gasteiger partial charge in [-0.3, -0.25) is 9.78 Å². The third kappa shape index (κ3) is 2.36. The molecule has 0 aliphatic heterocycles. The third-order valence-corrected chi connectivity index (χ3v) is 4.75. The lowest BCUT2D eigenvalue weighted by Crippen LogP contribution is -2.13. The lowest BCUT2D eigenvalue weighted by molar-refractivity contribution is 0.103. The molecule has 0 spiro atoms. The fourth-order valence-electron chi connectivity index (χ4n) is 2.21. The van der Waals surface area contributed by atoms with Gasteiger partial charge in [-0.2, -0.15) is 0 Å². The van der Waals surface area contributed by atoms with Crippen LogP contribution in [0.1, 0.15) is 20.8 Å². The Labute approximate surface area is 126 Å². The Bertz CT molecular complexity index is 839. The number of carbonyl (C=O) groups is 1. The number of rotatable bonds is 2. The highest BCUT2D eigenvalue weighted by atomic mass is 32.1. The van der Waals surface area contributed by atoms with Crippen molar-refractivity contribution in [3.05, 3.63) is 52.7 Å². The Morgan fingerprint density at radius 2 is 2.10 bits per heavy atom. The second kappa shape index (κ2) is 5.18. The molecule has 1 aromatic carbocycles. The van der Waals surface area contributed by atoms with Crippen molar-refractivity contribution in [2.75, 3.05) is 11.1 Å². The Morgan fingerprint density at radius 1 is 1.29 bits per heavy atom. The van der Waals surface area contributed by atoms with E-state index in [1.165, 1.54) is 11.3 Å². The van der Waals surface area contributed by atoms with E-state index in [0.29, 0.717) is 10.6 Å². The van der Waals surface area contributed by atoms with Gasteiger partial charge < -0.3 is 11.1 Å².